The molecule has 0 bridgehead atoms. The Kier molecular flexibility index (Phi) is 5.69. The Balaban J connectivity index is 3.44. The van der Waals surface area contributed by atoms with Crippen molar-refractivity contribution in [2.24, 2.45) is 0 Å². The van der Waals surface area contributed by atoms with Gasteiger partial charge in [-0.3, -0.25) is 4.79 Å². The summed E-state index contributed by atoms with van der Waals surface area (Å²) >= 11 is -2.16. The first-order valence-corrected chi connectivity index (χ1v) is 7.57. The molecule has 0 fully saturated rings. The van der Waals surface area contributed by atoms with Crippen LogP contribution in [0.1, 0.15) is 49.5 Å². The van der Waals surface area contributed by atoms with Crippen LogP contribution in [0.5, 0.6) is 0 Å². The van der Waals surface area contributed by atoms with E-state index in [9.17, 15) is 13.6 Å². The molecule has 5 heteroatoms. The van der Waals surface area contributed by atoms with E-state index in [2.05, 4.69) is 0 Å². The highest BCUT2D eigenvalue weighted by atomic mass is 32.2. The highest BCUT2D eigenvalue weighted by Crippen LogP contribution is 2.26. The highest BCUT2D eigenvalue weighted by Gasteiger charge is 2.23. The van der Waals surface area contributed by atoms with Crippen molar-refractivity contribution in [3.8, 4) is 0 Å². The molecule has 0 aliphatic carbocycles. The molecule has 0 saturated heterocycles. The van der Waals surface area contributed by atoms with Crippen molar-refractivity contribution in [2.45, 2.75) is 38.5 Å². The summed E-state index contributed by atoms with van der Waals surface area (Å²) in [6.07, 6.45) is 0. The molecule has 19 heavy (non-hydrogen) atoms. The van der Waals surface area contributed by atoms with Crippen molar-refractivity contribution in [1.82, 2.24) is 4.90 Å². The van der Waals surface area contributed by atoms with Gasteiger partial charge in [0.05, 0.1) is 10.5 Å². The van der Waals surface area contributed by atoms with Crippen LogP contribution in [0.4, 0.5) is 0 Å². The molecule has 0 spiro atoms. The molecule has 106 valence electrons. The normalized spacial score (nSPS) is 12.5. The number of hydrogen-bond donors (Lipinski definition) is 1. The average Bonchev–Trinajstić information content (AvgIpc) is 2.38. The molecule has 1 N–H and O–H groups in total. The van der Waals surface area contributed by atoms with E-state index in [4.69, 9.17) is 0 Å². The van der Waals surface area contributed by atoms with Gasteiger partial charge in [0.2, 0.25) is 0 Å². The van der Waals surface area contributed by atoms with E-state index < -0.39 is 11.1 Å². The van der Waals surface area contributed by atoms with Gasteiger partial charge in [-0.2, -0.15) is 0 Å². The van der Waals surface area contributed by atoms with Crippen molar-refractivity contribution in [3.05, 3.63) is 29.3 Å². The van der Waals surface area contributed by atoms with Gasteiger partial charge in [-0.1, -0.05) is 26.0 Å². The minimum Gasteiger partial charge on any atom is -0.339 e. The van der Waals surface area contributed by atoms with Crippen LogP contribution in [0.2, 0.25) is 0 Å². The number of rotatable bonds is 5. The Hall–Kier alpha value is -1.20. The fourth-order valence-electron chi connectivity index (χ4n) is 2.07. The molecule has 4 nitrogen and oxygen atoms in total. The van der Waals surface area contributed by atoms with Gasteiger partial charge in [0.1, 0.15) is 0 Å². The molecule has 1 unspecified atom stereocenters. The molecule has 1 rings (SSSR count). The van der Waals surface area contributed by atoms with E-state index >= 15 is 0 Å². The molecule has 0 aliphatic rings. The molecule has 0 radical (unpaired) electrons. The monoisotopic (exact) mass is 283 g/mol. The largest absolute Gasteiger partial charge is 0.339 e. The van der Waals surface area contributed by atoms with Gasteiger partial charge in [-0.05, 0) is 31.4 Å². The second-order valence-electron chi connectivity index (χ2n) is 4.60. The van der Waals surface area contributed by atoms with Crippen LogP contribution in [-0.2, 0) is 11.1 Å². The van der Waals surface area contributed by atoms with Crippen LogP contribution < -0.4 is 0 Å². The number of carbonyl (C=O) groups excluding carboxylic acids is 1. The van der Waals surface area contributed by atoms with Crippen LogP contribution in [0.3, 0.4) is 0 Å². The maximum Gasteiger partial charge on any atom is 0.255 e. The molecule has 1 aromatic rings. The zero-order chi connectivity index (χ0) is 14.6. The van der Waals surface area contributed by atoms with Gasteiger partial charge < -0.3 is 9.45 Å². The van der Waals surface area contributed by atoms with E-state index in [1.165, 1.54) is 0 Å². The molecule has 0 heterocycles. The smallest absolute Gasteiger partial charge is 0.255 e. The van der Waals surface area contributed by atoms with E-state index in [-0.39, 0.29) is 16.7 Å². The van der Waals surface area contributed by atoms with E-state index in [0.29, 0.717) is 18.7 Å². The third-order valence-corrected chi connectivity index (χ3v) is 3.85. The van der Waals surface area contributed by atoms with Crippen LogP contribution >= 0.6 is 0 Å². The minimum atomic E-state index is -2.16. The first-order chi connectivity index (χ1) is 8.93. The Morgan fingerprint density at radius 2 is 1.89 bits per heavy atom. The number of amides is 1. The van der Waals surface area contributed by atoms with Crippen molar-refractivity contribution >= 4 is 17.0 Å². The number of nitrogens with zero attached hydrogens (tertiary/aromatic N) is 1. The quantitative estimate of drug-likeness (QED) is 0.845. The van der Waals surface area contributed by atoms with Crippen LogP contribution in [0.15, 0.2) is 23.1 Å². The summed E-state index contributed by atoms with van der Waals surface area (Å²) in [5.74, 6) is -0.0512. The fourth-order valence-corrected chi connectivity index (χ4v) is 2.65. The Bertz CT molecular complexity index is 482. The third kappa shape index (κ3) is 3.42. The van der Waals surface area contributed by atoms with E-state index in [1.54, 1.807) is 17.0 Å². The zero-order valence-electron chi connectivity index (χ0n) is 11.8. The summed E-state index contributed by atoms with van der Waals surface area (Å²) in [4.78, 5) is 14.4. The van der Waals surface area contributed by atoms with Crippen LogP contribution in [0, 0.1) is 0 Å². The molecule has 0 saturated carbocycles. The lowest BCUT2D eigenvalue weighted by molar-refractivity contribution is 0.0767. The van der Waals surface area contributed by atoms with Crippen molar-refractivity contribution < 1.29 is 13.6 Å². The van der Waals surface area contributed by atoms with E-state index in [1.807, 2.05) is 33.8 Å². The van der Waals surface area contributed by atoms with Gasteiger partial charge in [0.25, 0.3) is 5.91 Å². The second kappa shape index (κ2) is 6.82. The molecule has 1 amide bonds. The summed E-state index contributed by atoms with van der Waals surface area (Å²) in [6, 6.07) is 5.11. The first kappa shape index (κ1) is 15.9. The summed E-state index contributed by atoms with van der Waals surface area (Å²) < 4.78 is 20.8. The number of benzene rings is 1. The third-order valence-electron chi connectivity index (χ3n) is 3.13. The molecule has 1 aromatic carbocycles. The lowest BCUT2D eigenvalue weighted by atomic mass is 9.96. The van der Waals surface area contributed by atoms with E-state index in [0.717, 1.165) is 5.56 Å². The van der Waals surface area contributed by atoms with Crippen molar-refractivity contribution in [2.75, 3.05) is 13.1 Å². The fraction of sp³-hybridized carbons (Fsp3) is 0.500. The van der Waals surface area contributed by atoms with Crippen molar-refractivity contribution in [3.63, 3.8) is 0 Å². The topological polar surface area (TPSA) is 57.6 Å². The van der Waals surface area contributed by atoms with Gasteiger partial charge in [-0.15, -0.1) is 0 Å². The maximum absolute atomic E-state index is 12.5. The Labute approximate surface area is 117 Å². The molecule has 1 atom stereocenters. The zero-order valence-corrected chi connectivity index (χ0v) is 12.7. The molecular weight excluding hydrogens is 262 g/mol. The van der Waals surface area contributed by atoms with Gasteiger partial charge in [0, 0.05) is 13.1 Å². The van der Waals surface area contributed by atoms with Gasteiger partial charge in [0.15, 0.2) is 11.1 Å². The first-order valence-electron chi connectivity index (χ1n) is 6.47. The Morgan fingerprint density at radius 1 is 1.32 bits per heavy atom. The van der Waals surface area contributed by atoms with Gasteiger partial charge >= 0.3 is 0 Å². The van der Waals surface area contributed by atoms with Crippen LogP contribution in [-0.4, -0.2) is 32.7 Å². The van der Waals surface area contributed by atoms with Gasteiger partial charge in [-0.25, -0.2) is 4.21 Å². The summed E-state index contributed by atoms with van der Waals surface area (Å²) in [5.41, 5.74) is 1.19. The summed E-state index contributed by atoms with van der Waals surface area (Å²) in [6.45, 7) is 8.90. The minimum absolute atomic E-state index is 0.123. The summed E-state index contributed by atoms with van der Waals surface area (Å²) in [5, 5.41) is 0. The second-order valence-corrected chi connectivity index (χ2v) is 5.54. The highest BCUT2D eigenvalue weighted by molar-refractivity contribution is 7.79. The SMILES string of the molecule is CCN(CC)C(=O)c1c(C(C)C)cccc1S(=O)O. The summed E-state index contributed by atoms with van der Waals surface area (Å²) in [7, 11) is 0. The van der Waals surface area contributed by atoms with Crippen LogP contribution in [0.25, 0.3) is 0 Å². The lowest BCUT2D eigenvalue weighted by Crippen LogP contribution is -2.32. The van der Waals surface area contributed by atoms with Crippen molar-refractivity contribution in [1.29, 1.82) is 0 Å². The number of carbonyl (C=O) groups is 1. The molecular formula is C14H21NO3S. The molecule has 0 aliphatic heterocycles. The standard InChI is InChI=1S/C14H21NO3S/c1-5-15(6-2)14(16)13-11(10(3)4)8-7-9-12(13)19(17)18/h7-10H,5-6H2,1-4H3,(H,17,18). The predicted molar refractivity (Wildman–Crippen MR) is 76.8 cm³/mol. The average molecular weight is 283 g/mol. The Morgan fingerprint density at radius 3 is 2.32 bits per heavy atom. The maximum atomic E-state index is 12.5. The number of hydrogen-bond acceptors (Lipinski definition) is 2. The lowest BCUT2D eigenvalue weighted by Gasteiger charge is -2.22. The predicted octanol–water partition coefficient (Wildman–Crippen LogP) is 2.87. The molecule has 0 aromatic heterocycles.